The number of piperidine rings is 1. The third-order valence-electron chi connectivity index (χ3n) is 8.58. The Labute approximate surface area is 255 Å². The number of rotatable bonds is 8. The number of aromatic nitrogens is 5. The van der Waals surface area contributed by atoms with Crippen molar-refractivity contribution in [2.45, 2.75) is 50.3 Å². The van der Waals surface area contributed by atoms with Crippen LogP contribution < -0.4 is 10.2 Å². The van der Waals surface area contributed by atoms with E-state index in [2.05, 4.69) is 25.3 Å². The van der Waals surface area contributed by atoms with Crippen molar-refractivity contribution in [1.29, 1.82) is 0 Å². The van der Waals surface area contributed by atoms with E-state index in [1.165, 1.54) is 16.0 Å². The molecule has 1 amide bonds. The first kappa shape index (κ1) is 28.2. The van der Waals surface area contributed by atoms with Crippen molar-refractivity contribution < 1.29 is 24.2 Å². The lowest BCUT2D eigenvalue weighted by atomic mass is 9.88. The molecule has 7 rings (SSSR count). The van der Waals surface area contributed by atoms with Crippen LogP contribution in [0.3, 0.4) is 0 Å². The van der Waals surface area contributed by atoms with Gasteiger partial charge >= 0.3 is 5.97 Å². The van der Waals surface area contributed by atoms with E-state index in [-0.39, 0.29) is 17.8 Å². The largest absolute Gasteiger partial charge is 0.481 e. The van der Waals surface area contributed by atoms with Gasteiger partial charge < -0.3 is 19.7 Å². The van der Waals surface area contributed by atoms with E-state index in [1.807, 2.05) is 28.8 Å². The van der Waals surface area contributed by atoms with Crippen LogP contribution in [0.2, 0.25) is 0 Å². The number of carboxylic acid groups (broad SMARTS) is 1. The highest BCUT2D eigenvalue weighted by Crippen LogP contribution is 2.34. The minimum atomic E-state index is -1.19. The van der Waals surface area contributed by atoms with Gasteiger partial charge in [0.05, 0.1) is 24.0 Å². The summed E-state index contributed by atoms with van der Waals surface area (Å²) in [6.45, 7) is 1.89. The molecule has 226 valence electrons. The number of aryl methyl sites for hydroxylation is 1. The molecule has 44 heavy (non-hydrogen) atoms. The normalized spacial score (nSPS) is 16.6. The Morgan fingerprint density at radius 1 is 1.09 bits per heavy atom. The molecule has 1 saturated heterocycles. The molecule has 0 bridgehead atoms. The van der Waals surface area contributed by atoms with E-state index in [9.17, 15) is 14.7 Å². The van der Waals surface area contributed by atoms with Gasteiger partial charge in [0, 0.05) is 59.7 Å². The number of carbonyl (C=O) groups is 2. The monoisotopic (exact) mass is 615 g/mol. The topological polar surface area (TPSA) is 138 Å². The number of hydrogen-bond acceptors (Lipinski definition) is 8. The molecule has 5 aromatic rings. The summed E-state index contributed by atoms with van der Waals surface area (Å²) in [4.78, 5) is 35.5. The zero-order valence-electron chi connectivity index (χ0n) is 23.7. The molecule has 0 aliphatic carbocycles. The second-order valence-corrected chi connectivity index (χ2v) is 12.3. The van der Waals surface area contributed by atoms with E-state index in [0.29, 0.717) is 53.3 Å². The van der Waals surface area contributed by atoms with Gasteiger partial charge in [0.2, 0.25) is 0 Å². The van der Waals surface area contributed by atoms with E-state index < -0.39 is 23.4 Å². The third kappa shape index (κ3) is 5.22. The first-order valence-corrected chi connectivity index (χ1v) is 15.4. The molecular weight excluding hydrogens is 585 g/mol. The second-order valence-electron chi connectivity index (χ2n) is 11.4. The van der Waals surface area contributed by atoms with Gasteiger partial charge in [-0.25, -0.2) is 14.4 Å². The fourth-order valence-corrected chi connectivity index (χ4v) is 6.81. The van der Waals surface area contributed by atoms with Crippen molar-refractivity contribution in [1.82, 2.24) is 24.3 Å². The summed E-state index contributed by atoms with van der Waals surface area (Å²) in [7, 11) is 0. The fourth-order valence-electron chi connectivity index (χ4n) is 6.28. The van der Waals surface area contributed by atoms with Crippen LogP contribution in [0.5, 0.6) is 0 Å². The minimum Gasteiger partial charge on any atom is -0.481 e. The number of hydrogen-bond donors (Lipinski definition) is 3. The van der Waals surface area contributed by atoms with E-state index >= 15 is 4.39 Å². The Bertz CT molecular complexity index is 1840. The van der Waals surface area contributed by atoms with Crippen LogP contribution >= 0.6 is 11.3 Å². The predicted octanol–water partition coefficient (Wildman–Crippen LogP) is 4.48. The van der Waals surface area contributed by atoms with Crippen LogP contribution in [0, 0.1) is 5.82 Å². The van der Waals surface area contributed by atoms with Crippen LogP contribution in [-0.2, 0) is 22.6 Å². The standard InChI is InChI=1S/C31H30FN7O4S/c32-25-22(19-3-6-21(7-4-19)37-13-9-31(43,10-14-37)16-24(40)41)8-5-20-17-39(36-26(20)25)28(29(42)35-30-33-11-15-44-30)27-23-2-1-12-38(23)18-34-27/h3-8,11,15,17-18,28,43H,1-2,9-10,12-14,16H2,(H,40,41)(H,33,35,42). The quantitative estimate of drug-likeness (QED) is 0.232. The summed E-state index contributed by atoms with van der Waals surface area (Å²) in [6.07, 6.45) is 7.26. The SMILES string of the molecule is O=C(O)CC1(O)CCN(c2ccc(-c3ccc4cn(C(C(=O)Nc5nccs5)c5ncn6c5CCC6)nc4c3F)cc2)CC1. The molecule has 0 spiro atoms. The van der Waals surface area contributed by atoms with Gasteiger partial charge in [-0.15, -0.1) is 11.3 Å². The molecule has 5 heterocycles. The molecule has 13 heteroatoms. The Balaban J connectivity index is 1.17. The molecule has 11 nitrogen and oxygen atoms in total. The van der Waals surface area contributed by atoms with Crippen molar-refractivity contribution in [2.75, 3.05) is 23.3 Å². The number of nitrogens with one attached hydrogen (secondary N) is 1. The van der Waals surface area contributed by atoms with Gasteiger partial charge in [0.25, 0.3) is 5.91 Å². The van der Waals surface area contributed by atoms with Crippen molar-refractivity contribution >= 4 is 44.9 Å². The summed E-state index contributed by atoms with van der Waals surface area (Å²) >= 11 is 1.31. The van der Waals surface area contributed by atoms with Crippen LogP contribution in [0.25, 0.3) is 22.0 Å². The molecule has 0 saturated carbocycles. The lowest BCUT2D eigenvalue weighted by molar-refractivity contribution is -0.143. The maximum absolute atomic E-state index is 16.1. The third-order valence-corrected chi connectivity index (χ3v) is 9.27. The Kier molecular flexibility index (Phi) is 7.13. The summed E-state index contributed by atoms with van der Waals surface area (Å²) < 4.78 is 19.6. The molecule has 1 fully saturated rings. The number of carboxylic acids is 1. The number of benzene rings is 2. The maximum Gasteiger partial charge on any atom is 0.306 e. The molecular formula is C31H30FN7O4S. The highest BCUT2D eigenvalue weighted by molar-refractivity contribution is 7.13. The summed E-state index contributed by atoms with van der Waals surface area (Å²) in [5.41, 5.74) is 2.51. The van der Waals surface area contributed by atoms with Crippen molar-refractivity contribution in [3.63, 3.8) is 0 Å². The first-order valence-electron chi connectivity index (χ1n) is 14.5. The number of nitrogens with zero attached hydrogens (tertiary/aromatic N) is 6. The van der Waals surface area contributed by atoms with Gasteiger partial charge in [-0.2, -0.15) is 5.10 Å². The average Bonchev–Trinajstić information content (AvgIpc) is 3.80. The van der Waals surface area contributed by atoms with Crippen LogP contribution in [0.1, 0.15) is 43.1 Å². The summed E-state index contributed by atoms with van der Waals surface area (Å²) in [5.74, 6) is -1.84. The van der Waals surface area contributed by atoms with E-state index in [4.69, 9.17) is 5.11 Å². The van der Waals surface area contributed by atoms with E-state index in [1.54, 1.807) is 36.2 Å². The molecule has 3 aromatic heterocycles. The van der Waals surface area contributed by atoms with Gasteiger partial charge in [0.15, 0.2) is 17.0 Å². The molecule has 3 N–H and O–H groups in total. The smallest absolute Gasteiger partial charge is 0.306 e. The zero-order chi connectivity index (χ0) is 30.4. The fraction of sp³-hybridized carbons (Fsp3) is 0.323. The first-order chi connectivity index (χ1) is 21.3. The lowest BCUT2D eigenvalue weighted by Crippen LogP contribution is -2.45. The molecule has 2 aliphatic rings. The summed E-state index contributed by atoms with van der Waals surface area (Å²) in [5, 5.41) is 29.9. The molecule has 1 atom stereocenters. The van der Waals surface area contributed by atoms with Gasteiger partial charge in [-0.3, -0.25) is 19.6 Å². The van der Waals surface area contributed by atoms with Crippen LogP contribution in [0.15, 0.2) is 60.5 Å². The van der Waals surface area contributed by atoms with Crippen LogP contribution in [-0.4, -0.2) is 65.1 Å². The molecule has 2 aromatic carbocycles. The number of carbonyl (C=O) groups excluding carboxylic acids is 1. The number of fused-ring (bicyclic) bond motifs is 2. The highest BCUT2D eigenvalue weighted by atomic mass is 32.1. The number of aliphatic hydroxyl groups is 1. The minimum absolute atomic E-state index is 0.156. The number of amides is 1. The Morgan fingerprint density at radius 2 is 1.89 bits per heavy atom. The summed E-state index contributed by atoms with van der Waals surface area (Å²) in [6, 6.07) is 10.1. The van der Waals surface area contributed by atoms with Crippen LogP contribution in [0.4, 0.5) is 15.2 Å². The second kappa shape index (κ2) is 11.1. The molecule has 0 radical (unpaired) electrons. The predicted molar refractivity (Wildman–Crippen MR) is 163 cm³/mol. The number of halogens is 1. The number of imidazole rings is 1. The van der Waals surface area contributed by atoms with Crippen molar-refractivity contribution in [2.24, 2.45) is 0 Å². The maximum atomic E-state index is 16.1. The zero-order valence-corrected chi connectivity index (χ0v) is 24.5. The highest BCUT2D eigenvalue weighted by Gasteiger charge is 2.35. The number of aliphatic carboxylic acids is 1. The number of thiazole rings is 1. The van der Waals surface area contributed by atoms with Gasteiger partial charge in [-0.1, -0.05) is 24.3 Å². The molecule has 2 aliphatic heterocycles. The van der Waals surface area contributed by atoms with Gasteiger partial charge in [0.1, 0.15) is 5.52 Å². The van der Waals surface area contributed by atoms with E-state index in [0.717, 1.165) is 30.8 Å². The lowest BCUT2D eigenvalue weighted by Gasteiger charge is -2.38. The average molecular weight is 616 g/mol. The Hall–Kier alpha value is -4.62. The van der Waals surface area contributed by atoms with Crippen molar-refractivity contribution in [3.8, 4) is 11.1 Å². The molecule has 1 unspecified atom stereocenters. The Morgan fingerprint density at radius 3 is 2.61 bits per heavy atom. The van der Waals surface area contributed by atoms with Crippen molar-refractivity contribution in [3.05, 3.63) is 77.7 Å². The van der Waals surface area contributed by atoms with Gasteiger partial charge in [-0.05, 0) is 43.4 Å². The number of anilines is 2.